The Balaban J connectivity index is 2.36. The Hall–Kier alpha value is -1.55. The van der Waals surface area contributed by atoms with E-state index in [4.69, 9.17) is 10.6 Å². The van der Waals surface area contributed by atoms with Gasteiger partial charge in [-0.05, 0) is 43.9 Å². The second-order valence-corrected chi connectivity index (χ2v) is 5.32. The number of amides is 1. The van der Waals surface area contributed by atoms with Crippen molar-refractivity contribution >= 4 is 5.91 Å². The number of fused-ring (bicyclic) bond motifs is 1. The molecule has 18 heavy (non-hydrogen) atoms. The SMILES string of the molecule is CN(N)C(=O)C(C)(C)c1ccc2c(c1)CCCO2. The molecule has 1 heterocycles. The predicted octanol–water partition coefficient (Wildman–Crippen LogP) is 1.62. The molecule has 0 bridgehead atoms. The zero-order chi connectivity index (χ0) is 13.3. The van der Waals surface area contributed by atoms with Crippen molar-refractivity contribution in [3.63, 3.8) is 0 Å². The maximum atomic E-state index is 12.1. The van der Waals surface area contributed by atoms with Crippen molar-refractivity contribution in [2.24, 2.45) is 5.84 Å². The fourth-order valence-corrected chi connectivity index (χ4v) is 2.31. The first-order valence-corrected chi connectivity index (χ1v) is 6.22. The maximum absolute atomic E-state index is 12.1. The lowest BCUT2D eigenvalue weighted by molar-refractivity contribution is -0.135. The standard InChI is InChI=1S/C14H20N2O2/c1-14(2,13(17)16(3)15)11-6-7-12-10(9-11)5-4-8-18-12/h6-7,9H,4-5,8,15H2,1-3H3. The van der Waals surface area contributed by atoms with E-state index in [1.807, 2.05) is 26.0 Å². The van der Waals surface area contributed by atoms with Crippen molar-refractivity contribution in [2.75, 3.05) is 13.7 Å². The van der Waals surface area contributed by atoms with Gasteiger partial charge in [0.15, 0.2) is 0 Å². The molecule has 1 amide bonds. The van der Waals surface area contributed by atoms with Gasteiger partial charge in [-0.25, -0.2) is 5.84 Å². The molecule has 0 radical (unpaired) electrons. The number of rotatable bonds is 2. The molecule has 4 heteroatoms. The van der Waals surface area contributed by atoms with E-state index < -0.39 is 5.41 Å². The average Bonchev–Trinajstić information content (AvgIpc) is 2.37. The van der Waals surface area contributed by atoms with Crippen LogP contribution in [0.2, 0.25) is 0 Å². The first kappa shape index (κ1) is 12.9. The summed E-state index contributed by atoms with van der Waals surface area (Å²) in [5.41, 5.74) is 1.55. The number of likely N-dealkylation sites (N-methyl/N-ethyl adjacent to an activating group) is 1. The fraction of sp³-hybridized carbons (Fsp3) is 0.500. The van der Waals surface area contributed by atoms with Crippen LogP contribution < -0.4 is 10.6 Å². The number of nitrogens with zero attached hydrogens (tertiary/aromatic N) is 1. The summed E-state index contributed by atoms with van der Waals surface area (Å²) >= 11 is 0. The molecule has 98 valence electrons. The summed E-state index contributed by atoms with van der Waals surface area (Å²) in [6.07, 6.45) is 2.04. The Bertz CT molecular complexity index is 467. The Labute approximate surface area is 108 Å². The molecule has 1 aliphatic rings. The quantitative estimate of drug-likeness (QED) is 0.491. The molecule has 0 aromatic heterocycles. The molecule has 0 fully saturated rings. The Kier molecular flexibility index (Phi) is 3.30. The third-order valence-electron chi connectivity index (χ3n) is 3.49. The van der Waals surface area contributed by atoms with Crippen molar-refractivity contribution in [1.82, 2.24) is 5.01 Å². The molecule has 2 rings (SSSR count). The molecule has 1 aromatic carbocycles. The minimum atomic E-state index is -0.615. The van der Waals surface area contributed by atoms with Gasteiger partial charge in [0.2, 0.25) is 5.91 Å². The number of carbonyl (C=O) groups excluding carboxylic acids is 1. The van der Waals surface area contributed by atoms with Gasteiger partial charge in [0.25, 0.3) is 0 Å². The Morgan fingerprint density at radius 2 is 2.17 bits per heavy atom. The largest absolute Gasteiger partial charge is 0.493 e. The van der Waals surface area contributed by atoms with Gasteiger partial charge in [-0.15, -0.1) is 0 Å². The van der Waals surface area contributed by atoms with Gasteiger partial charge in [-0.2, -0.15) is 0 Å². The molecule has 0 spiro atoms. The third-order valence-corrected chi connectivity index (χ3v) is 3.49. The van der Waals surface area contributed by atoms with Gasteiger partial charge < -0.3 is 4.74 Å². The average molecular weight is 248 g/mol. The van der Waals surface area contributed by atoms with Crippen molar-refractivity contribution in [3.8, 4) is 5.75 Å². The smallest absolute Gasteiger partial charge is 0.246 e. The molecule has 0 aliphatic carbocycles. The van der Waals surface area contributed by atoms with Crippen molar-refractivity contribution < 1.29 is 9.53 Å². The second kappa shape index (κ2) is 4.61. The molecular formula is C14H20N2O2. The van der Waals surface area contributed by atoms with Gasteiger partial charge in [0.1, 0.15) is 5.75 Å². The molecule has 2 N–H and O–H groups in total. The van der Waals surface area contributed by atoms with Crippen LogP contribution in [0.5, 0.6) is 5.75 Å². The summed E-state index contributed by atoms with van der Waals surface area (Å²) in [7, 11) is 1.58. The van der Waals surface area contributed by atoms with Gasteiger partial charge in [0.05, 0.1) is 12.0 Å². The first-order chi connectivity index (χ1) is 8.43. The predicted molar refractivity (Wildman–Crippen MR) is 70.2 cm³/mol. The lowest BCUT2D eigenvalue weighted by Gasteiger charge is -2.28. The van der Waals surface area contributed by atoms with Gasteiger partial charge in [-0.1, -0.05) is 12.1 Å². The molecule has 4 nitrogen and oxygen atoms in total. The van der Waals surface area contributed by atoms with Gasteiger partial charge in [-0.3, -0.25) is 9.80 Å². The number of carbonyl (C=O) groups is 1. The van der Waals surface area contributed by atoms with E-state index in [1.54, 1.807) is 7.05 Å². The highest BCUT2D eigenvalue weighted by atomic mass is 16.5. The van der Waals surface area contributed by atoms with E-state index in [9.17, 15) is 4.79 Å². The number of aryl methyl sites for hydroxylation is 1. The minimum Gasteiger partial charge on any atom is -0.493 e. The normalized spacial score (nSPS) is 14.7. The lowest BCUT2D eigenvalue weighted by atomic mass is 9.82. The summed E-state index contributed by atoms with van der Waals surface area (Å²) in [5, 5.41) is 1.15. The number of ether oxygens (including phenoxy) is 1. The number of hydrogen-bond donors (Lipinski definition) is 1. The summed E-state index contributed by atoms with van der Waals surface area (Å²) < 4.78 is 5.58. The molecule has 0 unspecified atom stereocenters. The van der Waals surface area contributed by atoms with Crippen LogP contribution in [-0.4, -0.2) is 24.6 Å². The van der Waals surface area contributed by atoms with Crippen LogP contribution in [0.25, 0.3) is 0 Å². The Morgan fingerprint density at radius 1 is 1.44 bits per heavy atom. The second-order valence-electron chi connectivity index (χ2n) is 5.32. The van der Waals surface area contributed by atoms with E-state index in [2.05, 4.69) is 6.07 Å². The molecule has 0 saturated carbocycles. The van der Waals surface area contributed by atoms with Crippen LogP contribution in [0.1, 0.15) is 31.4 Å². The number of hydrogen-bond acceptors (Lipinski definition) is 3. The number of hydrazine groups is 1. The summed E-state index contributed by atoms with van der Waals surface area (Å²) in [5.74, 6) is 6.40. The van der Waals surface area contributed by atoms with Crippen molar-refractivity contribution in [2.45, 2.75) is 32.1 Å². The van der Waals surface area contributed by atoms with Crippen LogP contribution in [0.15, 0.2) is 18.2 Å². The molecule has 0 atom stereocenters. The Morgan fingerprint density at radius 3 is 2.83 bits per heavy atom. The highest BCUT2D eigenvalue weighted by Gasteiger charge is 2.32. The monoisotopic (exact) mass is 248 g/mol. The number of benzene rings is 1. The van der Waals surface area contributed by atoms with Gasteiger partial charge in [0, 0.05) is 7.05 Å². The minimum absolute atomic E-state index is 0.0980. The van der Waals surface area contributed by atoms with E-state index in [-0.39, 0.29) is 5.91 Å². The summed E-state index contributed by atoms with van der Waals surface area (Å²) in [4.78, 5) is 12.1. The van der Waals surface area contributed by atoms with Gasteiger partial charge >= 0.3 is 0 Å². The van der Waals surface area contributed by atoms with Crippen molar-refractivity contribution in [3.05, 3.63) is 29.3 Å². The molecular weight excluding hydrogens is 228 g/mol. The summed E-state index contributed by atoms with van der Waals surface area (Å²) in [6, 6.07) is 5.97. The summed E-state index contributed by atoms with van der Waals surface area (Å²) in [6.45, 7) is 4.56. The van der Waals surface area contributed by atoms with Crippen LogP contribution in [0, 0.1) is 0 Å². The van der Waals surface area contributed by atoms with Crippen LogP contribution in [0.3, 0.4) is 0 Å². The van der Waals surface area contributed by atoms with Crippen LogP contribution in [0.4, 0.5) is 0 Å². The lowest BCUT2D eigenvalue weighted by Crippen LogP contribution is -2.45. The zero-order valence-electron chi connectivity index (χ0n) is 11.2. The topological polar surface area (TPSA) is 55.6 Å². The number of nitrogens with two attached hydrogens (primary N) is 1. The van der Waals surface area contributed by atoms with E-state index in [1.165, 1.54) is 5.56 Å². The van der Waals surface area contributed by atoms with E-state index in [0.29, 0.717) is 0 Å². The van der Waals surface area contributed by atoms with Crippen LogP contribution in [-0.2, 0) is 16.6 Å². The molecule has 1 aliphatic heterocycles. The fourth-order valence-electron chi connectivity index (χ4n) is 2.31. The zero-order valence-corrected chi connectivity index (χ0v) is 11.2. The highest BCUT2D eigenvalue weighted by Crippen LogP contribution is 2.31. The van der Waals surface area contributed by atoms with Crippen molar-refractivity contribution in [1.29, 1.82) is 0 Å². The first-order valence-electron chi connectivity index (χ1n) is 6.22. The third kappa shape index (κ3) is 2.20. The maximum Gasteiger partial charge on any atom is 0.246 e. The van der Waals surface area contributed by atoms with E-state index >= 15 is 0 Å². The molecule has 1 aromatic rings. The van der Waals surface area contributed by atoms with Crippen LogP contribution >= 0.6 is 0 Å². The highest BCUT2D eigenvalue weighted by molar-refractivity contribution is 5.86. The van der Waals surface area contributed by atoms with E-state index in [0.717, 1.165) is 35.8 Å². The molecule has 0 saturated heterocycles.